The molecule has 622 valence electrons. The third kappa shape index (κ3) is 79.5. The molecule has 5 unspecified atom stereocenters. The molecule has 0 bridgehead atoms. The van der Waals surface area contributed by atoms with E-state index in [9.17, 15) is 43.2 Å². The molecule has 0 aliphatic heterocycles. The predicted octanol–water partition coefficient (Wildman–Crippen LogP) is 25.5. The van der Waals surface area contributed by atoms with Crippen molar-refractivity contribution in [2.45, 2.75) is 380 Å². The Balaban J connectivity index is 5.42. The molecule has 0 rings (SSSR count). The number of carbonyl (C=O) groups is 4. The third-order valence-corrected chi connectivity index (χ3v) is 19.8. The first-order valence-electron chi connectivity index (χ1n) is 42.8. The molecule has 0 amide bonds. The average molecular weight is 1560 g/mol. The predicted molar refractivity (Wildman–Crippen MR) is 445 cm³/mol. The summed E-state index contributed by atoms with van der Waals surface area (Å²) in [7, 11) is -9.98. The zero-order chi connectivity index (χ0) is 78.9. The molecule has 3 N–H and O–H groups in total. The molecule has 0 aliphatic rings. The molecule has 17 nitrogen and oxygen atoms in total. The monoisotopic (exact) mass is 1560 g/mol. The fourth-order valence-electron chi connectivity index (χ4n) is 11.3. The van der Waals surface area contributed by atoms with Gasteiger partial charge in [-0.2, -0.15) is 0 Å². The minimum absolute atomic E-state index is 0.0744. The quantitative estimate of drug-likeness (QED) is 0.0169. The lowest BCUT2D eigenvalue weighted by atomic mass is 10.1. The second kappa shape index (κ2) is 80.5. The standard InChI is InChI=1S/C89H154O17P2/c1-5-9-13-17-21-25-29-33-37-39-41-43-47-50-54-58-62-66-70-74-87(92)100-80-85(106-89(94)76-72-68-64-60-56-52-48-44-42-40-38-34-30-26-22-18-14-10-6-2)82-104-108(97,98)102-78-83(90)77-101-107(95,96)103-81-84(105-88(93)75-71-67-63-59-55-51-46-36-32-28-24-20-16-12-8-4)79-99-86(91)73-69-65-61-57-53-49-45-35-31-27-23-19-15-11-7-3/h21-28,33-38,41-46,83-85,90H,5-20,29-32,39-40,47-82H2,1-4H3,(H,95,96)(H,97,98)/b25-21-,26-22-,27-23-,28-24-,37-33-,38-34-,43-41-,44-42-,45-35-,46-36-. The number of esters is 4. The summed E-state index contributed by atoms with van der Waals surface area (Å²) < 4.78 is 68.8. The third-order valence-electron chi connectivity index (χ3n) is 17.9. The molecular formula is C89H154O17P2. The topological polar surface area (TPSA) is 237 Å². The van der Waals surface area contributed by atoms with E-state index in [1.807, 2.05) is 0 Å². The number of aliphatic hydroxyl groups excluding tert-OH is 1. The van der Waals surface area contributed by atoms with Gasteiger partial charge < -0.3 is 33.8 Å². The van der Waals surface area contributed by atoms with Gasteiger partial charge in [0.15, 0.2) is 12.2 Å². The number of rotatable bonds is 80. The highest BCUT2D eigenvalue weighted by Gasteiger charge is 2.30. The highest BCUT2D eigenvalue weighted by Crippen LogP contribution is 2.45. The molecule has 0 radical (unpaired) electrons. The fraction of sp³-hybridized carbons (Fsp3) is 0.730. The van der Waals surface area contributed by atoms with E-state index in [4.69, 9.17) is 37.0 Å². The largest absolute Gasteiger partial charge is 0.472 e. The Morgan fingerprint density at radius 2 is 0.454 bits per heavy atom. The molecule has 0 aromatic carbocycles. The number of allylic oxidation sites excluding steroid dienone is 20. The summed E-state index contributed by atoms with van der Waals surface area (Å²) in [6.07, 6.45) is 90.0. The van der Waals surface area contributed by atoms with Crippen LogP contribution in [-0.4, -0.2) is 96.7 Å². The lowest BCUT2D eigenvalue weighted by Crippen LogP contribution is -2.30. The van der Waals surface area contributed by atoms with Gasteiger partial charge in [0.25, 0.3) is 0 Å². The first-order chi connectivity index (χ1) is 52.7. The lowest BCUT2D eigenvalue weighted by molar-refractivity contribution is -0.161. The van der Waals surface area contributed by atoms with Gasteiger partial charge in [-0.25, -0.2) is 9.13 Å². The Kier molecular flexibility index (Phi) is 77.1. The van der Waals surface area contributed by atoms with Crippen molar-refractivity contribution >= 4 is 39.5 Å². The molecule has 0 saturated heterocycles. The average Bonchev–Trinajstić information content (AvgIpc) is 0.896. The molecular weight excluding hydrogens is 1400 g/mol. The first kappa shape index (κ1) is 103. The highest BCUT2D eigenvalue weighted by atomic mass is 31.2. The van der Waals surface area contributed by atoms with Crippen molar-refractivity contribution in [1.82, 2.24) is 0 Å². The zero-order valence-corrected chi connectivity index (χ0v) is 70.0. The summed E-state index contributed by atoms with van der Waals surface area (Å²) in [6, 6.07) is 0. The van der Waals surface area contributed by atoms with Gasteiger partial charge in [0, 0.05) is 25.7 Å². The van der Waals surface area contributed by atoms with Gasteiger partial charge in [-0.05, 0) is 167 Å². The van der Waals surface area contributed by atoms with Gasteiger partial charge in [-0.15, -0.1) is 0 Å². The smallest absolute Gasteiger partial charge is 0.462 e. The maximum Gasteiger partial charge on any atom is 0.472 e. The van der Waals surface area contributed by atoms with E-state index in [0.717, 1.165) is 205 Å². The summed E-state index contributed by atoms with van der Waals surface area (Å²) in [5.74, 6) is -2.22. The van der Waals surface area contributed by atoms with Crippen molar-refractivity contribution in [3.05, 3.63) is 122 Å². The SMILES string of the molecule is CCCCC/C=C\C/C=C\C/C=C\CCCCCCCCC(=O)OCC(COP(=O)(O)OCC(O)COP(=O)(O)OCC(COC(=O)CCCCCCC/C=C\C/C=C\CCCCC)OC(=O)CCCCCCC/C=C\C/C=C\CCCCC)OC(=O)CCCCCCCC/C=C\C/C=C\C/C=C\CCCCC. The van der Waals surface area contributed by atoms with Crippen LogP contribution in [0.4, 0.5) is 0 Å². The molecule has 0 aromatic rings. The number of phosphoric acid groups is 2. The number of hydrogen-bond acceptors (Lipinski definition) is 15. The lowest BCUT2D eigenvalue weighted by Gasteiger charge is -2.21. The molecule has 19 heteroatoms. The number of unbranched alkanes of at least 4 members (excludes halogenated alkanes) is 34. The summed E-state index contributed by atoms with van der Waals surface area (Å²) in [5.41, 5.74) is 0. The number of ether oxygens (including phenoxy) is 4. The van der Waals surface area contributed by atoms with Crippen molar-refractivity contribution in [3.63, 3.8) is 0 Å². The van der Waals surface area contributed by atoms with Crippen LogP contribution >= 0.6 is 15.6 Å². The maximum absolute atomic E-state index is 13.1. The van der Waals surface area contributed by atoms with E-state index < -0.39 is 97.5 Å². The maximum atomic E-state index is 13.1. The fourth-order valence-corrected chi connectivity index (χ4v) is 12.9. The number of aliphatic hydroxyl groups is 1. The zero-order valence-electron chi connectivity index (χ0n) is 68.2. The minimum atomic E-state index is -4.99. The molecule has 0 spiro atoms. The molecule has 108 heavy (non-hydrogen) atoms. The Morgan fingerprint density at radius 1 is 0.259 bits per heavy atom. The van der Waals surface area contributed by atoms with Crippen LogP contribution in [0.5, 0.6) is 0 Å². The summed E-state index contributed by atoms with van der Waals surface area (Å²) in [4.78, 5) is 73.2. The van der Waals surface area contributed by atoms with Gasteiger partial charge in [0.2, 0.25) is 0 Å². The van der Waals surface area contributed by atoms with E-state index >= 15 is 0 Å². The van der Waals surface area contributed by atoms with Crippen molar-refractivity contribution in [1.29, 1.82) is 0 Å². The van der Waals surface area contributed by atoms with Gasteiger partial charge in [0.1, 0.15) is 19.3 Å². The van der Waals surface area contributed by atoms with Crippen LogP contribution in [-0.2, 0) is 65.4 Å². The van der Waals surface area contributed by atoms with E-state index in [1.54, 1.807) is 0 Å². The molecule has 0 aliphatic carbocycles. The van der Waals surface area contributed by atoms with Crippen molar-refractivity contribution in [2.24, 2.45) is 0 Å². The second-order valence-corrected chi connectivity index (χ2v) is 31.3. The Labute approximate surface area is 657 Å². The normalized spacial score (nSPS) is 14.4. The van der Waals surface area contributed by atoms with Crippen molar-refractivity contribution in [3.8, 4) is 0 Å². The molecule has 0 aromatic heterocycles. The number of hydrogen-bond donors (Lipinski definition) is 3. The van der Waals surface area contributed by atoms with Gasteiger partial charge >= 0.3 is 39.5 Å². The van der Waals surface area contributed by atoms with E-state index in [-0.39, 0.29) is 25.7 Å². The highest BCUT2D eigenvalue weighted by molar-refractivity contribution is 7.47. The van der Waals surface area contributed by atoms with Crippen molar-refractivity contribution < 1.29 is 80.2 Å². The van der Waals surface area contributed by atoms with Crippen LogP contribution in [0.1, 0.15) is 362 Å². The Hall–Kier alpha value is -4.54. The summed E-state index contributed by atoms with van der Waals surface area (Å²) in [5, 5.41) is 10.7. The van der Waals surface area contributed by atoms with E-state index in [1.165, 1.54) is 77.0 Å². The first-order valence-corrected chi connectivity index (χ1v) is 45.8. The summed E-state index contributed by atoms with van der Waals surface area (Å²) >= 11 is 0. The van der Waals surface area contributed by atoms with E-state index in [0.29, 0.717) is 25.7 Å². The number of carbonyl (C=O) groups excluding carboxylic acids is 4. The van der Waals surface area contributed by atoms with Crippen LogP contribution < -0.4 is 0 Å². The van der Waals surface area contributed by atoms with Crippen LogP contribution in [0, 0.1) is 0 Å². The van der Waals surface area contributed by atoms with Gasteiger partial charge in [-0.3, -0.25) is 37.3 Å². The van der Waals surface area contributed by atoms with Gasteiger partial charge in [0.05, 0.1) is 26.4 Å². The van der Waals surface area contributed by atoms with Gasteiger partial charge in [-0.1, -0.05) is 290 Å². The Morgan fingerprint density at radius 3 is 0.694 bits per heavy atom. The summed E-state index contributed by atoms with van der Waals surface area (Å²) in [6.45, 7) is 4.75. The molecule has 5 atom stereocenters. The van der Waals surface area contributed by atoms with Crippen LogP contribution in [0.25, 0.3) is 0 Å². The van der Waals surface area contributed by atoms with Crippen LogP contribution in [0.3, 0.4) is 0 Å². The number of phosphoric ester groups is 2. The van der Waals surface area contributed by atoms with E-state index in [2.05, 4.69) is 149 Å². The van der Waals surface area contributed by atoms with Crippen LogP contribution in [0.15, 0.2) is 122 Å². The van der Waals surface area contributed by atoms with Crippen LogP contribution in [0.2, 0.25) is 0 Å². The Bertz CT molecular complexity index is 2520. The second-order valence-electron chi connectivity index (χ2n) is 28.4. The molecule has 0 heterocycles. The van der Waals surface area contributed by atoms with Crippen molar-refractivity contribution in [2.75, 3.05) is 39.6 Å². The molecule has 0 saturated carbocycles. The minimum Gasteiger partial charge on any atom is -0.462 e. The molecule has 0 fully saturated rings.